The first-order valence-corrected chi connectivity index (χ1v) is 7.95. The van der Waals surface area contributed by atoms with Gasteiger partial charge in [-0.1, -0.05) is 30.3 Å². The molecule has 25 heavy (non-hydrogen) atoms. The first-order chi connectivity index (χ1) is 11.1. The predicted molar refractivity (Wildman–Crippen MR) is 104 cm³/mol. The monoisotopic (exact) mass is 385 g/mol. The average molecular weight is 386 g/mol. The lowest BCUT2D eigenvalue weighted by Gasteiger charge is -2.35. The Labute approximate surface area is 160 Å². The van der Waals surface area contributed by atoms with E-state index in [2.05, 4.69) is 10.00 Å². The van der Waals surface area contributed by atoms with Crippen molar-refractivity contribution < 1.29 is 4.79 Å². The van der Waals surface area contributed by atoms with Crippen molar-refractivity contribution in [3.05, 3.63) is 48.3 Å². The van der Waals surface area contributed by atoms with Gasteiger partial charge in [0, 0.05) is 51.9 Å². The number of piperazine rings is 1. The van der Waals surface area contributed by atoms with Gasteiger partial charge < -0.3 is 15.5 Å². The van der Waals surface area contributed by atoms with Crippen molar-refractivity contribution >= 4 is 36.4 Å². The molecule has 0 bridgehead atoms. The Kier molecular flexibility index (Phi) is 8.22. The van der Waals surface area contributed by atoms with Crippen molar-refractivity contribution in [3.8, 4) is 0 Å². The Balaban J connectivity index is 0.00000156. The topological polar surface area (TPSA) is 67.4 Å². The van der Waals surface area contributed by atoms with Crippen LogP contribution in [0.4, 0.5) is 5.69 Å². The van der Waals surface area contributed by atoms with Gasteiger partial charge in [-0.25, -0.2) is 0 Å². The molecule has 1 fully saturated rings. The van der Waals surface area contributed by atoms with Gasteiger partial charge in [-0.2, -0.15) is 5.10 Å². The van der Waals surface area contributed by atoms with Crippen LogP contribution in [-0.4, -0.2) is 46.8 Å². The first-order valence-electron chi connectivity index (χ1n) is 7.95. The van der Waals surface area contributed by atoms with E-state index < -0.39 is 0 Å². The fourth-order valence-electron chi connectivity index (χ4n) is 2.92. The number of rotatable bonds is 4. The standard InChI is InChI=1S/C17H23N5O.2ClH/c1-20-13-15(12-19-20)21-7-9-22(10-8-21)17(23)11-16(18)14-5-3-2-4-6-14;;/h2-6,12-13,16H,7-11,18H2,1H3;2*1H. The highest BCUT2D eigenvalue weighted by Gasteiger charge is 2.23. The molecule has 1 aromatic carbocycles. The molecule has 1 unspecified atom stereocenters. The molecule has 1 atom stereocenters. The van der Waals surface area contributed by atoms with Gasteiger partial charge in [0.25, 0.3) is 0 Å². The highest BCUT2D eigenvalue weighted by Crippen LogP contribution is 2.18. The molecule has 1 aliphatic heterocycles. The highest BCUT2D eigenvalue weighted by molar-refractivity contribution is 5.85. The quantitative estimate of drug-likeness (QED) is 0.873. The van der Waals surface area contributed by atoms with Crippen molar-refractivity contribution in [1.82, 2.24) is 14.7 Å². The van der Waals surface area contributed by atoms with Gasteiger partial charge >= 0.3 is 0 Å². The van der Waals surface area contributed by atoms with Gasteiger partial charge in [-0.15, -0.1) is 24.8 Å². The summed E-state index contributed by atoms with van der Waals surface area (Å²) < 4.78 is 1.80. The number of nitrogens with two attached hydrogens (primary N) is 1. The van der Waals surface area contributed by atoms with Crippen LogP contribution >= 0.6 is 24.8 Å². The Morgan fingerprint density at radius 3 is 2.36 bits per heavy atom. The number of aromatic nitrogens is 2. The fraction of sp³-hybridized carbons (Fsp3) is 0.412. The summed E-state index contributed by atoms with van der Waals surface area (Å²) in [5.74, 6) is 0.132. The molecule has 0 aliphatic carbocycles. The van der Waals surface area contributed by atoms with Crippen molar-refractivity contribution in [1.29, 1.82) is 0 Å². The van der Waals surface area contributed by atoms with Gasteiger partial charge in [0.15, 0.2) is 0 Å². The number of hydrogen-bond donors (Lipinski definition) is 1. The van der Waals surface area contributed by atoms with Crippen molar-refractivity contribution in [3.63, 3.8) is 0 Å². The maximum Gasteiger partial charge on any atom is 0.224 e. The molecule has 1 aromatic heterocycles. The van der Waals surface area contributed by atoms with Crippen LogP contribution < -0.4 is 10.6 Å². The van der Waals surface area contributed by atoms with Gasteiger partial charge in [-0.05, 0) is 5.56 Å². The molecule has 8 heteroatoms. The highest BCUT2D eigenvalue weighted by atomic mass is 35.5. The van der Waals surface area contributed by atoms with E-state index in [0.29, 0.717) is 6.42 Å². The molecule has 138 valence electrons. The summed E-state index contributed by atoms with van der Waals surface area (Å²) in [6, 6.07) is 9.56. The van der Waals surface area contributed by atoms with Crippen molar-refractivity contribution in [2.75, 3.05) is 31.1 Å². The van der Waals surface area contributed by atoms with E-state index in [0.717, 1.165) is 37.4 Å². The zero-order valence-corrected chi connectivity index (χ0v) is 15.9. The van der Waals surface area contributed by atoms with Crippen LogP contribution in [0.3, 0.4) is 0 Å². The Morgan fingerprint density at radius 1 is 1.16 bits per heavy atom. The minimum absolute atomic E-state index is 0. The molecule has 2 heterocycles. The number of benzene rings is 1. The van der Waals surface area contributed by atoms with Crippen LogP contribution in [0, 0.1) is 0 Å². The van der Waals surface area contributed by atoms with Crippen LogP contribution in [0.2, 0.25) is 0 Å². The van der Waals surface area contributed by atoms with E-state index in [1.807, 2.05) is 54.7 Å². The summed E-state index contributed by atoms with van der Waals surface area (Å²) in [5, 5.41) is 4.20. The molecular weight excluding hydrogens is 361 g/mol. The Morgan fingerprint density at radius 2 is 1.80 bits per heavy atom. The molecule has 3 rings (SSSR count). The number of carbonyl (C=O) groups excluding carboxylic acids is 1. The smallest absolute Gasteiger partial charge is 0.224 e. The van der Waals surface area contributed by atoms with E-state index in [4.69, 9.17) is 5.73 Å². The summed E-state index contributed by atoms with van der Waals surface area (Å²) in [4.78, 5) is 16.6. The maximum absolute atomic E-state index is 12.4. The molecule has 0 saturated carbocycles. The van der Waals surface area contributed by atoms with Crippen molar-refractivity contribution in [2.24, 2.45) is 12.8 Å². The number of halogens is 2. The van der Waals surface area contributed by atoms with Crippen LogP contribution in [0.5, 0.6) is 0 Å². The predicted octanol–water partition coefficient (Wildman–Crippen LogP) is 2.00. The van der Waals surface area contributed by atoms with Gasteiger partial charge in [-0.3, -0.25) is 9.48 Å². The third-order valence-electron chi connectivity index (χ3n) is 4.31. The summed E-state index contributed by atoms with van der Waals surface area (Å²) >= 11 is 0. The Hall–Kier alpha value is -1.76. The molecule has 1 amide bonds. The lowest BCUT2D eigenvalue weighted by atomic mass is 10.0. The van der Waals surface area contributed by atoms with Gasteiger partial charge in [0.1, 0.15) is 0 Å². The average Bonchev–Trinajstić information content (AvgIpc) is 3.02. The van der Waals surface area contributed by atoms with Crippen LogP contribution in [0.1, 0.15) is 18.0 Å². The number of anilines is 1. The summed E-state index contributed by atoms with van der Waals surface area (Å²) in [5.41, 5.74) is 8.28. The van der Waals surface area contributed by atoms with Crippen LogP contribution in [0.15, 0.2) is 42.7 Å². The van der Waals surface area contributed by atoms with E-state index in [1.54, 1.807) is 4.68 Å². The normalized spacial score (nSPS) is 15.1. The minimum Gasteiger partial charge on any atom is -0.365 e. The zero-order valence-electron chi connectivity index (χ0n) is 14.2. The third kappa shape index (κ3) is 5.36. The lowest BCUT2D eigenvalue weighted by Crippen LogP contribution is -2.49. The third-order valence-corrected chi connectivity index (χ3v) is 4.31. The van der Waals surface area contributed by atoms with Crippen LogP contribution in [0.25, 0.3) is 0 Å². The molecule has 6 nitrogen and oxygen atoms in total. The lowest BCUT2D eigenvalue weighted by molar-refractivity contribution is -0.131. The van der Waals surface area contributed by atoms with Gasteiger partial charge in [0.2, 0.25) is 5.91 Å². The SMILES string of the molecule is Cl.Cl.Cn1cc(N2CCN(C(=O)CC(N)c3ccccc3)CC2)cn1. The van der Waals surface area contributed by atoms with E-state index >= 15 is 0 Å². The molecule has 0 radical (unpaired) electrons. The van der Waals surface area contributed by atoms with E-state index in [9.17, 15) is 4.79 Å². The van der Waals surface area contributed by atoms with Gasteiger partial charge in [0.05, 0.1) is 11.9 Å². The molecule has 2 aromatic rings. The number of amides is 1. The molecule has 1 saturated heterocycles. The maximum atomic E-state index is 12.4. The number of hydrogen-bond acceptors (Lipinski definition) is 4. The second kappa shape index (κ2) is 9.65. The second-order valence-corrected chi connectivity index (χ2v) is 5.96. The minimum atomic E-state index is -0.236. The summed E-state index contributed by atoms with van der Waals surface area (Å²) in [7, 11) is 1.91. The molecule has 0 spiro atoms. The fourth-order valence-corrected chi connectivity index (χ4v) is 2.92. The van der Waals surface area contributed by atoms with Crippen molar-refractivity contribution in [2.45, 2.75) is 12.5 Å². The molecule has 1 aliphatic rings. The van der Waals surface area contributed by atoms with Crippen LogP contribution in [-0.2, 0) is 11.8 Å². The molecule has 2 N–H and O–H groups in total. The summed E-state index contributed by atoms with van der Waals surface area (Å²) in [6.45, 7) is 3.13. The number of aryl methyl sites for hydroxylation is 1. The number of carbonyl (C=O) groups is 1. The van der Waals surface area contributed by atoms with E-state index in [-0.39, 0.29) is 36.8 Å². The zero-order chi connectivity index (χ0) is 16.2. The summed E-state index contributed by atoms with van der Waals surface area (Å²) in [6.07, 6.45) is 4.22. The number of nitrogens with zero attached hydrogens (tertiary/aromatic N) is 4. The second-order valence-electron chi connectivity index (χ2n) is 5.96. The largest absolute Gasteiger partial charge is 0.365 e. The first kappa shape index (κ1) is 21.3. The Bertz CT molecular complexity index is 656. The molecular formula is C17H25Cl2N5O. The van der Waals surface area contributed by atoms with E-state index in [1.165, 1.54) is 0 Å².